The predicted octanol–water partition coefficient (Wildman–Crippen LogP) is 4.61. The molecule has 0 heterocycles. The third-order valence-electron chi connectivity index (χ3n) is 3.54. The van der Waals surface area contributed by atoms with E-state index in [0.29, 0.717) is 5.75 Å². The monoisotopic (exact) mass is 296 g/mol. The van der Waals surface area contributed by atoms with Crippen LogP contribution in [0.25, 0.3) is 11.1 Å². The number of hydrogen-bond donors (Lipinski definition) is 2. The molecule has 2 aromatic carbocycles. The summed E-state index contributed by atoms with van der Waals surface area (Å²) in [6, 6.07) is 12.4. The Labute approximate surface area is 130 Å². The first-order chi connectivity index (χ1) is 10.6. The van der Waals surface area contributed by atoms with E-state index in [9.17, 15) is 10.2 Å². The maximum absolute atomic E-state index is 9.75. The van der Waals surface area contributed by atoms with Gasteiger partial charge in [-0.2, -0.15) is 0 Å². The van der Waals surface area contributed by atoms with Crippen LogP contribution in [-0.2, 0) is 0 Å². The molecule has 0 fully saturated rings. The number of ether oxygens (including phenoxy) is 1. The quantitative estimate of drug-likeness (QED) is 0.810. The maximum Gasteiger partial charge on any atom is 0.161 e. The summed E-state index contributed by atoms with van der Waals surface area (Å²) in [5.41, 5.74) is 4.06. The summed E-state index contributed by atoms with van der Waals surface area (Å²) in [5, 5.41) is 19.2. The van der Waals surface area contributed by atoms with Gasteiger partial charge in [-0.15, -0.1) is 0 Å². The molecular weight excluding hydrogens is 276 g/mol. The Morgan fingerprint density at radius 2 is 1.41 bits per heavy atom. The molecule has 2 aromatic rings. The molecule has 0 aliphatic heterocycles. The van der Waals surface area contributed by atoms with Crippen molar-refractivity contribution in [2.75, 3.05) is 7.11 Å². The minimum Gasteiger partial charge on any atom is -0.508 e. The Balaban J connectivity index is 2.48. The zero-order valence-corrected chi connectivity index (χ0v) is 13.0. The van der Waals surface area contributed by atoms with Crippen LogP contribution in [0.4, 0.5) is 0 Å². The second-order valence-corrected chi connectivity index (χ2v) is 4.84. The van der Waals surface area contributed by atoms with Gasteiger partial charge in [-0.25, -0.2) is 0 Å². The Morgan fingerprint density at radius 1 is 0.864 bits per heavy atom. The number of rotatable bonds is 4. The molecule has 0 amide bonds. The molecule has 0 aliphatic carbocycles. The van der Waals surface area contributed by atoms with Gasteiger partial charge in [0.1, 0.15) is 5.75 Å². The number of phenols is 2. The van der Waals surface area contributed by atoms with E-state index in [-0.39, 0.29) is 11.5 Å². The zero-order valence-electron chi connectivity index (χ0n) is 13.0. The van der Waals surface area contributed by atoms with E-state index in [0.717, 1.165) is 22.3 Å². The molecule has 22 heavy (non-hydrogen) atoms. The molecule has 2 N–H and O–H groups in total. The number of phenolic OH excluding ortho intramolecular Hbond substituents is 2. The zero-order chi connectivity index (χ0) is 16.1. The van der Waals surface area contributed by atoms with Gasteiger partial charge in [0.15, 0.2) is 11.5 Å². The van der Waals surface area contributed by atoms with Crippen LogP contribution in [0, 0.1) is 0 Å². The van der Waals surface area contributed by atoms with E-state index in [1.807, 2.05) is 50.3 Å². The summed E-state index contributed by atoms with van der Waals surface area (Å²) < 4.78 is 5.19. The van der Waals surface area contributed by atoms with Crippen molar-refractivity contribution in [3.05, 3.63) is 65.7 Å². The topological polar surface area (TPSA) is 49.7 Å². The smallest absolute Gasteiger partial charge is 0.161 e. The largest absolute Gasteiger partial charge is 0.508 e. The summed E-state index contributed by atoms with van der Waals surface area (Å²) in [6.07, 6.45) is 4.05. The Kier molecular flexibility index (Phi) is 4.89. The number of methoxy groups -OCH3 is 1. The molecule has 0 aromatic heterocycles. The predicted molar refractivity (Wildman–Crippen MR) is 90.1 cm³/mol. The van der Waals surface area contributed by atoms with Gasteiger partial charge in [0.25, 0.3) is 0 Å². The molecular formula is C19H20O3. The van der Waals surface area contributed by atoms with Crippen molar-refractivity contribution in [1.82, 2.24) is 0 Å². The summed E-state index contributed by atoms with van der Waals surface area (Å²) >= 11 is 0. The van der Waals surface area contributed by atoms with E-state index in [1.165, 1.54) is 7.11 Å². The molecule has 0 spiro atoms. The van der Waals surface area contributed by atoms with Gasteiger partial charge in [0, 0.05) is 0 Å². The molecule has 0 saturated heterocycles. The average molecular weight is 296 g/mol. The molecule has 0 atom stereocenters. The van der Waals surface area contributed by atoms with Crippen molar-refractivity contribution in [3.63, 3.8) is 0 Å². The second-order valence-electron chi connectivity index (χ2n) is 4.84. The molecule has 3 heteroatoms. The number of hydrogen-bond acceptors (Lipinski definition) is 3. The van der Waals surface area contributed by atoms with Crippen molar-refractivity contribution >= 4 is 11.1 Å². The third kappa shape index (κ3) is 3.14. The number of aromatic hydroxyl groups is 2. The first-order valence-corrected chi connectivity index (χ1v) is 7.10. The first-order valence-electron chi connectivity index (χ1n) is 7.10. The minimum absolute atomic E-state index is 0.119. The maximum atomic E-state index is 9.75. The van der Waals surface area contributed by atoms with Gasteiger partial charge in [0.05, 0.1) is 7.11 Å². The average Bonchev–Trinajstić information content (AvgIpc) is 2.54. The summed E-state index contributed by atoms with van der Waals surface area (Å²) in [7, 11) is 1.53. The third-order valence-corrected chi connectivity index (χ3v) is 3.54. The van der Waals surface area contributed by atoms with Crippen LogP contribution >= 0.6 is 0 Å². The lowest BCUT2D eigenvalue weighted by Gasteiger charge is -2.14. The lowest BCUT2D eigenvalue weighted by atomic mass is 9.91. The molecule has 114 valence electrons. The second kappa shape index (κ2) is 6.85. The van der Waals surface area contributed by atoms with Crippen LogP contribution in [-0.4, -0.2) is 17.3 Å². The van der Waals surface area contributed by atoms with Gasteiger partial charge < -0.3 is 14.9 Å². The van der Waals surface area contributed by atoms with E-state index >= 15 is 0 Å². The summed E-state index contributed by atoms with van der Waals surface area (Å²) in [5.74, 6) is 0.805. The summed E-state index contributed by atoms with van der Waals surface area (Å²) in [6.45, 7) is 3.95. The van der Waals surface area contributed by atoms with E-state index < -0.39 is 0 Å². The molecule has 3 nitrogen and oxygen atoms in total. The normalized spacial score (nSPS) is 12.3. The fourth-order valence-corrected chi connectivity index (χ4v) is 2.44. The lowest BCUT2D eigenvalue weighted by Crippen LogP contribution is -1.92. The van der Waals surface area contributed by atoms with Crippen LogP contribution in [0.1, 0.15) is 25.0 Å². The van der Waals surface area contributed by atoms with Crippen molar-refractivity contribution in [3.8, 4) is 17.2 Å². The van der Waals surface area contributed by atoms with Gasteiger partial charge in [-0.3, -0.25) is 0 Å². The highest BCUT2D eigenvalue weighted by Crippen LogP contribution is 2.36. The first kappa shape index (κ1) is 15.7. The van der Waals surface area contributed by atoms with Crippen LogP contribution in [0.15, 0.2) is 54.6 Å². The van der Waals surface area contributed by atoms with Gasteiger partial charge in [0.2, 0.25) is 0 Å². The lowest BCUT2D eigenvalue weighted by molar-refractivity contribution is 0.373. The molecule has 0 saturated carbocycles. The minimum atomic E-state index is 0.119. The molecule has 0 radical (unpaired) electrons. The van der Waals surface area contributed by atoms with Crippen LogP contribution in [0.5, 0.6) is 17.2 Å². The fourth-order valence-electron chi connectivity index (χ4n) is 2.44. The number of benzene rings is 2. The van der Waals surface area contributed by atoms with E-state index in [1.54, 1.807) is 18.2 Å². The van der Waals surface area contributed by atoms with Crippen LogP contribution in [0.3, 0.4) is 0 Å². The highest BCUT2D eigenvalue weighted by Gasteiger charge is 2.11. The standard InChI is InChI=1S/C19H20O3/c1-4-16(13-6-9-15(20)10-7-13)17(5-2)14-8-11-18(21)19(12-14)22-3/h4-12,20-21H,1-3H3/b16-4-,17-5-. The fraction of sp³-hybridized carbons (Fsp3) is 0.158. The Bertz CT molecular complexity index is 710. The van der Waals surface area contributed by atoms with Crippen LogP contribution in [0.2, 0.25) is 0 Å². The van der Waals surface area contributed by atoms with Gasteiger partial charge in [-0.05, 0) is 60.4 Å². The Hall–Kier alpha value is -2.68. The molecule has 0 aliphatic rings. The molecule has 0 unspecified atom stereocenters. The van der Waals surface area contributed by atoms with E-state index in [4.69, 9.17) is 4.74 Å². The van der Waals surface area contributed by atoms with Crippen LogP contribution < -0.4 is 4.74 Å². The Morgan fingerprint density at radius 3 is 1.95 bits per heavy atom. The van der Waals surface area contributed by atoms with Crippen molar-refractivity contribution in [1.29, 1.82) is 0 Å². The highest BCUT2D eigenvalue weighted by atomic mass is 16.5. The molecule has 0 bridgehead atoms. The molecule has 2 rings (SSSR count). The van der Waals surface area contributed by atoms with Gasteiger partial charge >= 0.3 is 0 Å². The highest BCUT2D eigenvalue weighted by molar-refractivity contribution is 6.05. The van der Waals surface area contributed by atoms with E-state index in [2.05, 4.69) is 0 Å². The SMILES string of the molecule is C/C=C(\C(=C/C)c1ccc(O)c(OC)c1)c1ccc(O)cc1. The van der Waals surface area contributed by atoms with Crippen molar-refractivity contribution in [2.24, 2.45) is 0 Å². The van der Waals surface area contributed by atoms with Gasteiger partial charge in [-0.1, -0.05) is 30.4 Å². The summed E-state index contributed by atoms with van der Waals surface area (Å²) in [4.78, 5) is 0. The van der Waals surface area contributed by atoms with Crippen molar-refractivity contribution < 1.29 is 14.9 Å². The van der Waals surface area contributed by atoms with Crippen molar-refractivity contribution in [2.45, 2.75) is 13.8 Å². The number of allylic oxidation sites excluding steroid dienone is 4.